The maximum Gasteiger partial charge on any atom is 0.334 e. The summed E-state index contributed by atoms with van der Waals surface area (Å²) >= 11 is 0. The first-order valence-corrected chi connectivity index (χ1v) is 8.06. The van der Waals surface area contributed by atoms with Gasteiger partial charge in [-0.15, -0.1) is 0 Å². The number of hydrogen-bond donors (Lipinski definition) is 0. The Morgan fingerprint density at radius 2 is 1.80 bits per heavy atom. The van der Waals surface area contributed by atoms with Crippen LogP contribution in [0.1, 0.15) is 25.7 Å². The predicted molar refractivity (Wildman–Crippen MR) is 84.8 cm³/mol. The molecule has 0 aromatic heterocycles. The lowest BCUT2D eigenvalue weighted by atomic mass is 10.2. The van der Waals surface area contributed by atoms with Gasteiger partial charge in [0.15, 0.2) is 5.75 Å². The van der Waals surface area contributed by atoms with E-state index in [4.69, 9.17) is 4.74 Å². The first-order chi connectivity index (χ1) is 12.0. The molecule has 9 nitrogen and oxygen atoms in total. The smallest absolute Gasteiger partial charge is 0.334 e. The molecule has 1 aromatic carbocycles. The fourth-order valence-corrected chi connectivity index (χ4v) is 3.18. The molecule has 0 bridgehead atoms. The van der Waals surface area contributed by atoms with Crippen molar-refractivity contribution in [3.05, 3.63) is 34.4 Å². The van der Waals surface area contributed by atoms with Gasteiger partial charge in [0.2, 0.25) is 0 Å². The van der Waals surface area contributed by atoms with E-state index >= 15 is 0 Å². The van der Waals surface area contributed by atoms with Crippen LogP contribution < -0.4 is 4.74 Å². The molecule has 2 fully saturated rings. The van der Waals surface area contributed by atoms with Crippen LogP contribution in [-0.2, 0) is 9.59 Å². The molecule has 1 aromatic rings. The normalized spacial score (nSPS) is 18.3. The van der Waals surface area contributed by atoms with Gasteiger partial charge in [-0.05, 0) is 18.9 Å². The summed E-state index contributed by atoms with van der Waals surface area (Å²) in [6.07, 6.45) is 3.28. The van der Waals surface area contributed by atoms with Gasteiger partial charge >= 0.3 is 23.5 Å². The zero-order valence-corrected chi connectivity index (χ0v) is 13.4. The van der Waals surface area contributed by atoms with E-state index in [2.05, 4.69) is 0 Å². The van der Waals surface area contributed by atoms with E-state index in [9.17, 15) is 24.5 Å². The lowest BCUT2D eigenvalue weighted by Gasteiger charge is -2.21. The molecule has 9 heteroatoms. The molecule has 1 aliphatic heterocycles. The summed E-state index contributed by atoms with van der Waals surface area (Å²) in [6, 6.07) is 4.98. The highest BCUT2D eigenvalue weighted by Crippen LogP contribution is 2.28. The first-order valence-electron chi connectivity index (χ1n) is 8.06. The number of para-hydroxylation sites is 2. The summed E-state index contributed by atoms with van der Waals surface area (Å²) in [7, 11) is 0. The molecule has 1 heterocycles. The number of benzene rings is 1. The van der Waals surface area contributed by atoms with Crippen molar-refractivity contribution in [1.29, 1.82) is 0 Å². The van der Waals surface area contributed by atoms with E-state index in [-0.39, 0.29) is 30.6 Å². The van der Waals surface area contributed by atoms with Crippen molar-refractivity contribution >= 4 is 23.5 Å². The lowest BCUT2D eigenvalue weighted by molar-refractivity contribution is -0.385. The summed E-state index contributed by atoms with van der Waals surface area (Å²) < 4.78 is 5.34. The van der Waals surface area contributed by atoms with Gasteiger partial charge in [-0.1, -0.05) is 25.0 Å². The van der Waals surface area contributed by atoms with Gasteiger partial charge in [-0.3, -0.25) is 29.5 Å². The van der Waals surface area contributed by atoms with Crippen molar-refractivity contribution in [3.8, 4) is 5.75 Å². The van der Waals surface area contributed by atoms with Crippen molar-refractivity contribution in [1.82, 2.24) is 9.80 Å². The molecule has 2 aliphatic rings. The second-order valence-corrected chi connectivity index (χ2v) is 5.93. The molecule has 3 rings (SSSR count). The topological polar surface area (TPSA) is 110 Å². The minimum Gasteiger partial charge on any atom is -0.485 e. The molecular formula is C16H17N3O6. The minimum atomic E-state index is -0.872. The maximum atomic E-state index is 12.4. The molecule has 0 unspecified atom stereocenters. The molecule has 1 aliphatic carbocycles. The van der Waals surface area contributed by atoms with Gasteiger partial charge < -0.3 is 4.74 Å². The largest absolute Gasteiger partial charge is 0.485 e. The number of nitro groups is 1. The quantitative estimate of drug-likeness (QED) is 0.335. The van der Waals surface area contributed by atoms with Crippen LogP contribution in [0.15, 0.2) is 24.3 Å². The van der Waals surface area contributed by atoms with Crippen molar-refractivity contribution in [2.45, 2.75) is 31.7 Å². The van der Waals surface area contributed by atoms with Crippen LogP contribution in [-0.4, -0.2) is 51.8 Å². The van der Waals surface area contributed by atoms with Crippen LogP contribution in [0, 0.1) is 10.1 Å². The van der Waals surface area contributed by atoms with Gasteiger partial charge in [0.25, 0.3) is 0 Å². The summed E-state index contributed by atoms with van der Waals surface area (Å²) in [4.78, 5) is 48.7. The second-order valence-electron chi connectivity index (χ2n) is 5.93. The number of carbonyl (C=O) groups excluding carboxylic acids is 3. The molecule has 0 atom stereocenters. The average molecular weight is 347 g/mol. The fraction of sp³-hybridized carbons (Fsp3) is 0.438. The van der Waals surface area contributed by atoms with Gasteiger partial charge in [0.1, 0.15) is 6.61 Å². The highest BCUT2D eigenvalue weighted by Gasteiger charge is 2.47. The molecule has 4 amide bonds. The molecule has 1 saturated carbocycles. The third-order valence-electron chi connectivity index (χ3n) is 4.41. The van der Waals surface area contributed by atoms with E-state index in [0.29, 0.717) is 12.8 Å². The van der Waals surface area contributed by atoms with Crippen LogP contribution in [0.2, 0.25) is 0 Å². The van der Waals surface area contributed by atoms with Crippen LogP contribution in [0.3, 0.4) is 0 Å². The van der Waals surface area contributed by atoms with Gasteiger partial charge in [0, 0.05) is 12.1 Å². The van der Waals surface area contributed by atoms with E-state index in [1.165, 1.54) is 18.2 Å². The summed E-state index contributed by atoms with van der Waals surface area (Å²) in [5.41, 5.74) is -0.203. The number of urea groups is 1. The van der Waals surface area contributed by atoms with Gasteiger partial charge in [-0.2, -0.15) is 0 Å². The predicted octanol–water partition coefficient (Wildman–Crippen LogP) is 1.71. The molecule has 132 valence electrons. The Morgan fingerprint density at radius 1 is 1.12 bits per heavy atom. The van der Waals surface area contributed by atoms with Crippen LogP contribution >= 0.6 is 0 Å². The summed E-state index contributed by atoms with van der Waals surface area (Å²) in [5.74, 6) is -1.63. The van der Waals surface area contributed by atoms with E-state index in [0.717, 1.165) is 22.6 Å². The van der Waals surface area contributed by atoms with Crippen molar-refractivity contribution in [3.63, 3.8) is 0 Å². The molecule has 1 saturated heterocycles. The van der Waals surface area contributed by atoms with E-state index in [1.807, 2.05) is 0 Å². The molecule has 0 N–H and O–H groups in total. The number of nitrogens with zero attached hydrogens (tertiary/aromatic N) is 3. The zero-order valence-electron chi connectivity index (χ0n) is 13.4. The SMILES string of the molecule is O=C1C(=O)N(C2CCCC2)C(=O)N1CCOc1ccccc1[N+](=O)[O-]. The fourth-order valence-electron chi connectivity index (χ4n) is 3.18. The van der Waals surface area contributed by atoms with Crippen LogP contribution in [0.25, 0.3) is 0 Å². The molecule has 0 spiro atoms. The van der Waals surface area contributed by atoms with Crippen LogP contribution in [0.5, 0.6) is 5.75 Å². The Kier molecular flexibility index (Phi) is 4.64. The highest BCUT2D eigenvalue weighted by molar-refractivity contribution is 6.44. The van der Waals surface area contributed by atoms with Crippen molar-refractivity contribution in [2.24, 2.45) is 0 Å². The Balaban J connectivity index is 1.63. The number of amides is 4. The molecular weight excluding hydrogens is 330 g/mol. The van der Waals surface area contributed by atoms with Gasteiger partial charge in [0.05, 0.1) is 11.5 Å². The number of hydrogen-bond acceptors (Lipinski definition) is 6. The standard InChI is InChI=1S/C16H17N3O6/c20-14-15(21)18(11-5-1-2-6-11)16(22)17(14)9-10-25-13-8-4-3-7-12(13)19(23)24/h3-4,7-8,11H,1-2,5-6,9-10H2. The molecule has 0 radical (unpaired) electrons. The average Bonchev–Trinajstić information content (AvgIpc) is 3.18. The number of imide groups is 2. The minimum absolute atomic E-state index is 0.0468. The van der Waals surface area contributed by atoms with E-state index < -0.39 is 22.8 Å². The third-order valence-corrected chi connectivity index (χ3v) is 4.41. The van der Waals surface area contributed by atoms with Crippen molar-refractivity contribution in [2.75, 3.05) is 13.2 Å². The Hall–Kier alpha value is -2.97. The van der Waals surface area contributed by atoms with Gasteiger partial charge in [-0.25, -0.2) is 4.79 Å². The Bertz CT molecular complexity index is 728. The number of nitro benzene ring substituents is 1. The second kappa shape index (κ2) is 6.88. The summed E-state index contributed by atoms with van der Waals surface area (Å²) in [5, 5.41) is 10.9. The number of ether oxygens (including phenoxy) is 1. The van der Waals surface area contributed by atoms with Crippen molar-refractivity contribution < 1.29 is 24.0 Å². The maximum absolute atomic E-state index is 12.4. The highest BCUT2D eigenvalue weighted by atomic mass is 16.6. The molecule has 25 heavy (non-hydrogen) atoms. The monoisotopic (exact) mass is 347 g/mol. The Morgan fingerprint density at radius 3 is 2.48 bits per heavy atom. The number of rotatable bonds is 6. The third kappa shape index (κ3) is 3.17. The summed E-state index contributed by atoms with van der Waals surface area (Å²) in [6.45, 7) is -0.271. The van der Waals surface area contributed by atoms with Crippen LogP contribution in [0.4, 0.5) is 10.5 Å². The Labute approximate surface area is 143 Å². The van der Waals surface area contributed by atoms with E-state index in [1.54, 1.807) is 6.07 Å². The lowest BCUT2D eigenvalue weighted by Crippen LogP contribution is -2.40. The first kappa shape index (κ1) is 16.9. The zero-order chi connectivity index (χ0) is 18.0. The number of carbonyl (C=O) groups is 3.